The molecule has 8 bridgehead atoms. The Morgan fingerprint density at radius 3 is 2.14 bits per heavy atom. The summed E-state index contributed by atoms with van der Waals surface area (Å²) in [5.41, 5.74) is 7.24. The van der Waals surface area contributed by atoms with Gasteiger partial charge in [0.15, 0.2) is 0 Å². The van der Waals surface area contributed by atoms with Gasteiger partial charge in [0.05, 0.1) is 22.8 Å². The maximum absolute atomic E-state index is 12.0. The second kappa shape index (κ2) is 8.85. The van der Waals surface area contributed by atoms with Crippen LogP contribution in [0, 0.1) is 0 Å². The molecule has 2 aliphatic rings. The van der Waals surface area contributed by atoms with Gasteiger partial charge in [-0.1, -0.05) is 30.3 Å². The summed E-state index contributed by atoms with van der Waals surface area (Å²) in [5.74, 6) is 0. The van der Waals surface area contributed by atoms with E-state index in [9.17, 15) is 13.0 Å². The van der Waals surface area contributed by atoms with Crippen LogP contribution in [0.4, 0.5) is 0 Å². The molecule has 0 amide bonds. The van der Waals surface area contributed by atoms with Crippen molar-refractivity contribution in [1.82, 2.24) is 19.9 Å². The molecule has 0 radical (unpaired) electrons. The van der Waals surface area contributed by atoms with Crippen molar-refractivity contribution in [2.45, 2.75) is 0 Å². The summed E-state index contributed by atoms with van der Waals surface area (Å²) in [4.78, 5) is 15.5. The Morgan fingerprint density at radius 1 is 0.714 bits per heavy atom. The van der Waals surface area contributed by atoms with Crippen molar-refractivity contribution in [1.29, 1.82) is 0 Å². The number of H-pyrrole nitrogens is 2. The van der Waals surface area contributed by atoms with E-state index >= 15 is 0 Å². The number of hydrogen-bond donors (Lipinski definition) is 3. The molecule has 0 atom stereocenters. The van der Waals surface area contributed by atoms with Crippen LogP contribution in [0.2, 0.25) is 0 Å². The molecular weight excluding hydrogens is 514 g/mol. The van der Waals surface area contributed by atoms with E-state index in [0.717, 1.165) is 39.1 Å². The molecular formula is C26H18N4O3SZn. The van der Waals surface area contributed by atoms with Crippen LogP contribution in [0.5, 0.6) is 0 Å². The maximum Gasteiger partial charge on any atom is 0.296 e. The predicted octanol–water partition coefficient (Wildman–Crippen LogP) is 5.54. The Hall–Kier alpha value is -3.65. The third-order valence-corrected chi connectivity index (χ3v) is 6.50. The molecule has 0 unspecified atom stereocenters. The molecule has 0 aliphatic carbocycles. The van der Waals surface area contributed by atoms with Gasteiger partial charge in [0, 0.05) is 47.1 Å². The fourth-order valence-corrected chi connectivity index (χ4v) is 4.76. The fourth-order valence-electron chi connectivity index (χ4n) is 4.13. The van der Waals surface area contributed by atoms with Crippen molar-refractivity contribution in [2.24, 2.45) is 0 Å². The van der Waals surface area contributed by atoms with E-state index in [1.54, 1.807) is 12.1 Å². The summed E-state index contributed by atoms with van der Waals surface area (Å²) >= 11 is 0. The number of benzene rings is 1. The molecule has 1 aromatic carbocycles. The van der Waals surface area contributed by atoms with Gasteiger partial charge in [-0.2, -0.15) is 8.42 Å². The summed E-state index contributed by atoms with van der Waals surface area (Å²) in [6, 6.07) is 22.9. The van der Waals surface area contributed by atoms with Crippen LogP contribution in [0.3, 0.4) is 0 Å². The first-order valence-electron chi connectivity index (χ1n) is 10.6. The van der Waals surface area contributed by atoms with E-state index in [0.29, 0.717) is 11.2 Å². The number of nitrogens with one attached hydrogen (secondary N) is 2. The minimum Gasteiger partial charge on any atom is -0.355 e. The monoisotopic (exact) mass is 530 g/mol. The van der Waals surface area contributed by atoms with Crippen LogP contribution in [0.15, 0.2) is 72.8 Å². The van der Waals surface area contributed by atoms with Gasteiger partial charge in [-0.05, 0) is 66.3 Å². The van der Waals surface area contributed by atoms with Crippen molar-refractivity contribution >= 4 is 55.3 Å². The van der Waals surface area contributed by atoms with Gasteiger partial charge >= 0.3 is 0 Å². The topological polar surface area (TPSA) is 112 Å². The van der Waals surface area contributed by atoms with E-state index in [1.165, 1.54) is 6.08 Å². The summed E-state index contributed by atoms with van der Waals surface area (Å²) < 4.78 is 33.8. The van der Waals surface area contributed by atoms with Gasteiger partial charge in [0.2, 0.25) is 0 Å². The van der Waals surface area contributed by atoms with E-state index in [2.05, 4.69) is 15.0 Å². The minimum atomic E-state index is -4.46. The average Bonchev–Trinajstić information content (AvgIpc) is 3.58. The standard InChI is InChI=1S/C26H18N4O3S.Zn/c31-34(32,33)26-15-22-11-21-12-23(16-4-2-1-3-5-16)24(29-21)13-19-8-6-17(27-19)10-18-7-9-20(28-18)14-25(26)30-22;/h1-15,28-29H,(H,31,32,33);. The predicted molar refractivity (Wildman–Crippen MR) is 135 cm³/mol. The van der Waals surface area contributed by atoms with E-state index in [4.69, 9.17) is 4.98 Å². The molecule has 2 aliphatic heterocycles. The molecule has 5 heterocycles. The Bertz CT molecular complexity index is 1790. The number of aromatic nitrogens is 4. The number of fused-ring (bicyclic) bond motifs is 8. The number of rotatable bonds is 2. The third-order valence-electron chi connectivity index (χ3n) is 5.62. The quantitative estimate of drug-likeness (QED) is 0.205. The van der Waals surface area contributed by atoms with Gasteiger partial charge in [-0.25, -0.2) is 9.97 Å². The summed E-state index contributed by atoms with van der Waals surface area (Å²) in [6.45, 7) is 0. The van der Waals surface area contributed by atoms with Crippen molar-refractivity contribution in [3.63, 3.8) is 0 Å². The molecule has 3 aromatic heterocycles. The number of aromatic amines is 2. The Labute approximate surface area is 213 Å². The van der Waals surface area contributed by atoms with E-state index in [-0.39, 0.29) is 30.1 Å². The Balaban J connectivity index is 0.00000253. The van der Waals surface area contributed by atoms with Crippen LogP contribution in [-0.4, -0.2) is 32.9 Å². The molecule has 0 saturated heterocycles. The smallest absolute Gasteiger partial charge is 0.296 e. The van der Waals surface area contributed by atoms with Crippen LogP contribution < -0.4 is 0 Å². The van der Waals surface area contributed by atoms with Gasteiger partial charge < -0.3 is 9.97 Å². The van der Waals surface area contributed by atoms with Gasteiger partial charge in [-0.15, -0.1) is 0 Å². The zero-order valence-corrected chi connectivity index (χ0v) is 22.2. The number of hydrogen-bond acceptors (Lipinski definition) is 4. The Kier molecular flexibility index (Phi) is 5.85. The fraction of sp³-hybridized carbons (Fsp3) is 0. The van der Waals surface area contributed by atoms with E-state index in [1.807, 2.05) is 72.8 Å². The largest absolute Gasteiger partial charge is 0.355 e. The van der Waals surface area contributed by atoms with E-state index < -0.39 is 10.1 Å². The molecule has 3 N–H and O–H groups in total. The molecule has 6 rings (SSSR count). The van der Waals surface area contributed by atoms with Gasteiger partial charge in [-0.3, -0.25) is 4.55 Å². The van der Waals surface area contributed by atoms with Crippen LogP contribution >= 0.6 is 0 Å². The first kappa shape index (κ1) is 23.1. The molecule has 9 heteroatoms. The summed E-state index contributed by atoms with van der Waals surface area (Å²) in [5, 5.41) is 0. The van der Waals surface area contributed by atoms with Crippen molar-refractivity contribution < 1.29 is 32.4 Å². The van der Waals surface area contributed by atoms with Crippen molar-refractivity contribution in [2.75, 3.05) is 0 Å². The summed E-state index contributed by atoms with van der Waals surface area (Å²) in [7, 11) is -4.46. The van der Waals surface area contributed by atoms with Crippen molar-refractivity contribution in [3.8, 4) is 11.1 Å². The normalized spacial score (nSPS) is 12.8. The Morgan fingerprint density at radius 2 is 1.40 bits per heavy atom. The van der Waals surface area contributed by atoms with Crippen LogP contribution in [0.25, 0.3) is 56.3 Å². The molecule has 0 spiro atoms. The zero-order valence-electron chi connectivity index (χ0n) is 18.4. The second-order valence-electron chi connectivity index (χ2n) is 8.06. The second-order valence-corrected chi connectivity index (χ2v) is 9.45. The number of nitrogens with zero attached hydrogens (tertiary/aromatic N) is 2. The first-order chi connectivity index (χ1) is 16.4. The summed E-state index contributed by atoms with van der Waals surface area (Å²) in [6.07, 6.45) is 5.27. The van der Waals surface area contributed by atoms with Crippen LogP contribution in [0.1, 0.15) is 22.8 Å². The van der Waals surface area contributed by atoms with Crippen LogP contribution in [-0.2, 0) is 29.6 Å². The van der Waals surface area contributed by atoms with Gasteiger partial charge in [0.25, 0.3) is 10.1 Å². The first-order valence-corrected chi connectivity index (χ1v) is 12.0. The molecule has 168 valence electrons. The molecule has 7 nitrogen and oxygen atoms in total. The average molecular weight is 532 g/mol. The molecule has 4 aromatic rings. The maximum atomic E-state index is 12.0. The molecule has 0 saturated carbocycles. The molecule has 35 heavy (non-hydrogen) atoms. The van der Waals surface area contributed by atoms with Crippen molar-refractivity contribution in [3.05, 3.63) is 95.6 Å². The zero-order chi connectivity index (χ0) is 23.3. The molecule has 0 fully saturated rings. The third kappa shape index (κ3) is 4.66. The minimum absolute atomic E-state index is 0. The van der Waals surface area contributed by atoms with Gasteiger partial charge in [0.1, 0.15) is 4.91 Å². The SMILES string of the molecule is O=S(=O)(O)C1=Cc2cc3cc(-c4ccccc4)c(cc4nc(cc5ccc(cc1n2)[nH]5)C=C4)[nH]3.[Zn].